The smallest absolute Gasteiger partial charge is 0.220 e. The van der Waals surface area contributed by atoms with Crippen LogP contribution in [0.15, 0.2) is 35.0 Å². The normalized spacial score (nSPS) is 13.6. The van der Waals surface area contributed by atoms with E-state index in [1.54, 1.807) is 6.92 Å². The topological polar surface area (TPSA) is 49.3 Å². The van der Waals surface area contributed by atoms with E-state index in [9.17, 15) is 18.7 Å². The van der Waals surface area contributed by atoms with Crippen LogP contribution in [0.25, 0.3) is 0 Å². The molecule has 1 amide bonds. The van der Waals surface area contributed by atoms with Crippen LogP contribution in [0.5, 0.6) is 0 Å². The molecule has 3 nitrogen and oxygen atoms in total. The van der Waals surface area contributed by atoms with Gasteiger partial charge in [-0.15, -0.1) is 0 Å². The van der Waals surface area contributed by atoms with E-state index in [2.05, 4.69) is 5.32 Å². The van der Waals surface area contributed by atoms with E-state index >= 15 is 0 Å². The van der Waals surface area contributed by atoms with Crippen molar-refractivity contribution in [2.75, 3.05) is 6.54 Å². The third kappa shape index (κ3) is 5.11. The molecule has 23 heavy (non-hydrogen) atoms. The predicted octanol–water partition coefficient (Wildman–Crippen LogP) is 3.37. The van der Waals surface area contributed by atoms with Crippen LogP contribution < -0.4 is 5.32 Å². The van der Waals surface area contributed by atoms with Crippen molar-refractivity contribution in [1.29, 1.82) is 0 Å². The Morgan fingerprint density at radius 1 is 1.35 bits per heavy atom. The molecule has 0 bridgehead atoms. The molecule has 0 aliphatic heterocycles. The Morgan fingerprint density at radius 3 is 2.83 bits per heavy atom. The lowest BCUT2D eigenvalue weighted by atomic mass is 9.99. The van der Waals surface area contributed by atoms with Crippen LogP contribution in [0.4, 0.5) is 8.78 Å². The van der Waals surface area contributed by atoms with Gasteiger partial charge in [0.05, 0.1) is 6.54 Å². The zero-order valence-corrected chi connectivity index (χ0v) is 13.6. The fourth-order valence-electron chi connectivity index (χ4n) is 2.21. The van der Waals surface area contributed by atoms with Crippen molar-refractivity contribution in [3.05, 3.63) is 57.8 Å². The summed E-state index contributed by atoms with van der Waals surface area (Å²) in [5.41, 5.74) is -0.0997. The second-order valence-corrected chi connectivity index (χ2v) is 6.43. The summed E-state index contributed by atoms with van der Waals surface area (Å²) in [6.07, 6.45) is 0.889. The number of amides is 1. The number of hydrogen-bond acceptors (Lipinski definition) is 3. The molecular formula is C17H19F2NO2S. The first-order valence-corrected chi connectivity index (χ1v) is 8.28. The summed E-state index contributed by atoms with van der Waals surface area (Å²) in [6, 6.07) is 5.11. The first kappa shape index (κ1) is 17.6. The minimum absolute atomic E-state index is 0.108. The summed E-state index contributed by atoms with van der Waals surface area (Å²) in [7, 11) is 0. The molecule has 0 fully saturated rings. The molecular weight excluding hydrogens is 320 g/mol. The summed E-state index contributed by atoms with van der Waals surface area (Å²) in [6.45, 7) is 1.74. The summed E-state index contributed by atoms with van der Waals surface area (Å²) in [5.74, 6) is -1.18. The minimum Gasteiger partial charge on any atom is -0.384 e. The van der Waals surface area contributed by atoms with Crippen LogP contribution in [0.1, 0.15) is 30.9 Å². The molecule has 0 radical (unpaired) electrons. The summed E-state index contributed by atoms with van der Waals surface area (Å²) in [5, 5.41) is 16.7. The van der Waals surface area contributed by atoms with E-state index in [0.29, 0.717) is 6.42 Å². The van der Waals surface area contributed by atoms with Gasteiger partial charge in [0.1, 0.15) is 17.2 Å². The minimum atomic E-state index is -1.12. The highest BCUT2D eigenvalue weighted by atomic mass is 32.1. The van der Waals surface area contributed by atoms with E-state index in [1.807, 2.05) is 16.8 Å². The van der Waals surface area contributed by atoms with Crippen molar-refractivity contribution in [3.8, 4) is 0 Å². The number of carbonyl (C=O) groups is 1. The van der Waals surface area contributed by atoms with Gasteiger partial charge in [-0.1, -0.05) is 0 Å². The quantitative estimate of drug-likeness (QED) is 0.812. The fraction of sp³-hybridized carbons (Fsp3) is 0.353. The molecule has 0 saturated heterocycles. The van der Waals surface area contributed by atoms with Crippen LogP contribution in [0.2, 0.25) is 0 Å². The molecule has 0 aliphatic carbocycles. The van der Waals surface area contributed by atoms with E-state index < -0.39 is 17.2 Å². The molecule has 0 spiro atoms. The SMILES string of the molecule is CC(O)(CNC(=O)CCCc1cc(F)ccc1F)c1ccsc1. The Hall–Kier alpha value is -1.79. The van der Waals surface area contributed by atoms with E-state index in [0.717, 1.165) is 23.8 Å². The highest BCUT2D eigenvalue weighted by molar-refractivity contribution is 7.08. The molecule has 0 aliphatic rings. The average molecular weight is 339 g/mol. The number of carbonyl (C=O) groups excluding carboxylic acids is 1. The second kappa shape index (κ2) is 7.66. The van der Waals surface area contributed by atoms with Gasteiger partial charge in [-0.3, -0.25) is 4.79 Å². The molecule has 124 valence electrons. The highest BCUT2D eigenvalue weighted by Gasteiger charge is 2.24. The summed E-state index contributed by atoms with van der Waals surface area (Å²) >= 11 is 1.48. The van der Waals surface area contributed by atoms with E-state index in [-0.39, 0.29) is 30.9 Å². The Bertz CT molecular complexity index is 657. The molecule has 6 heteroatoms. The maximum absolute atomic E-state index is 13.5. The van der Waals surface area contributed by atoms with Crippen molar-refractivity contribution in [1.82, 2.24) is 5.32 Å². The zero-order chi connectivity index (χ0) is 16.9. The van der Waals surface area contributed by atoms with E-state index in [1.165, 1.54) is 11.3 Å². The molecule has 1 aromatic carbocycles. The van der Waals surface area contributed by atoms with Gasteiger partial charge < -0.3 is 10.4 Å². The molecule has 2 N–H and O–H groups in total. The summed E-state index contributed by atoms with van der Waals surface area (Å²) in [4.78, 5) is 11.8. The Balaban J connectivity index is 1.76. The van der Waals surface area contributed by atoms with Crippen molar-refractivity contribution >= 4 is 17.2 Å². The van der Waals surface area contributed by atoms with Crippen LogP contribution >= 0.6 is 11.3 Å². The maximum atomic E-state index is 13.5. The molecule has 1 unspecified atom stereocenters. The van der Waals surface area contributed by atoms with Gasteiger partial charge >= 0.3 is 0 Å². The monoisotopic (exact) mass is 339 g/mol. The summed E-state index contributed by atoms with van der Waals surface area (Å²) < 4.78 is 26.5. The molecule has 2 aromatic rings. The highest BCUT2D eigenvalue weighted by Crippen LogP contribution is 2.22. The second-order valence-electron chi connectivity index (χ2n) is 5.65. The van der Waals surface area contributed by atoms with Crippen LogP contribution in [-0.2, 0) is 16.8 Å². The third-order valence-corrected chi connectivity index (χ3v) is 4.31. The lowest BCUT2D eigenvalue weighted by molar-refractivity contribution is -0.122. The standard InChI is InChI=1S/C17H19F2NO2S/c1-17(22,13-7-8-23-10-13)11-20-16(21)4-2-3-12-9-14(18)5-6-15(12)19/h5-10,22H,2-4,11H2,1H3,(H,20,21). The largest absolute Gasteiger partial charge is 0.384 e. The molecule has 1 aromatic heterocycles. The number of thiophene rings is 1. The molecule has 1 atom stereocenters. The zero-order valence-electron chi connectivity index (χ0n) is 12.8. The Labute approximate surface area is 138 Å². The predicted molar refractivity (Wildman–Crippen MR) is 86.2 cm³/mol. The first-order chi connectivity index (χ1) is 10.9. The van der Waals surface area contributed by atoms with E-state index in [4.69, 9.17) is 0 Å². The average Bonchev–Trinajstić information content (AvgIpc) is 3.04. The molecule has 1 heterocycles. The number of nitrogens with one attached hydrogen (secondary N) is 1. The van der Waals surface area contributed by atoms with Crippen molar-refractivity contribution in [2.45, 2.75) is 31.8 Å². The number of benzene rings is 1. The van der Waals surface area contributed by atoms with Crippen molar-refractivity contribution in [2.24, 2.45) is 0 Å². The number of aliphatic hydroxyl groups is 1. The van der Waals surface area contributed by atoms with Gasteiger partial charge in [0.25, 0.3) is 0 Å². The van der Waals surface area contributed by atoms with Crippen LogP contribution in [0, 0.1) is 11.6 Å². The van der Waals surface area contributed by atoms with Gasteiger partial charge in [-0.2, -0.15) is 11.3 Å². The number of rotatable bonds is 7. The van der Waals surface area contributed by atoms with Gasteiger partial charge in [0, 0.05) is 6.42 Å². The number of halogens is 2. The first-order valence-electron chi connectivity index (χ1n) is 7.34. The molecule has 2 rings (SSSR count). The number of aryl methyl sites for hydroxylation is 1. The Kier molecular flexibility index (Phi) is 5.85. The lowest BCUT2D eigenvalue weighted by Gasteiger charge is -2.22. The van der Waals surface area contributed by atoms with Gasteiger partial charge in [-0.25, -0.2) is 8.78 Å². The third-order valence-electron chi connectivity index (χ3n) is 3.63. The Morgan fingerprint density at radius 2 is 2.13 bits per heavy atom. The maximum Gasteiger partial charge on any atom is 0.220 e. The lowest BCUT2D eigenvalue weighted by Crippen LogP contribution is -2.38. The van der Waals surface area contributed by atoms with Gasteiger partial charge in [-0.05, 0) is 65.9 Å². The van der Waals surface area contributed by atoms with Gasteiger partial charge in [0.2, 0.25) is 5.91 Å². The van der Waals surface area contributed by atoms with Crippen molar-refractivity contribution < 1.29 is 18.7 Å². The van der Waals surface area contributed by atoms with Crippen molar-refractivity contribution in [3.63, 3.8) is 0 Å². The van der Waals surface area contributed by atoms with Gasteiger partial charge in [0.15, 0.2) is 0 Å². The molecule has 0 saturated carbocycles. The number of hydrogen-bond donors (Lipinski definition) is 2. The van der Waals surface area contributed by atoms with Crippen LogP contribution in [-0.4, -0.2) is 17.6 Å². The fourth-order valence-corrected chi connectivity index (χ4v) is 2.99. The van der Waals surface area contributed by atoms with Crippen LogP contribution in [0.3, 0.4) is 0 Å².